The van der Waals surface area contributed by atoms with Crippen molar-refractivity contribution < 1.29 is 9.59 Å². The summed E-state index contributed by atoms with van der Waals surface area (Å²) in [6.07, 6.45) is 1.60. The molecule has 0 saturated carbocycles. The fourth-order valence-electron chi connectivity index (χ4n) is 3.16. The molecule has 0 bridgehead atoms. The van der Waals surface area contributed by atoms with Crippen molar-refractivity contribution in [2.75, 3.05) is 10.6 Å². The molecule has 0 spiro atoms. The second-order valence-electron chi connectivity index (χ2n) is 6.90. The van der Waals surface area contributed by atoms with Crippen LogP contribution in [0.4, 0.5) is 10.8 Å². The standard InChI is InChI=1S/C21H19N5O3S/c1-12-4-3-5-15-19(12)22-11-26(20(15)29)9-8-18(28)25-21-24-16-7-6-14(23-13(2)27)10-17(16)30-21/h3-7,10-11H,8-9H2,1-2H3,(H,23,27)(H,24,25,28). The fraction of sp³-hybridized carbons (Fsp3) is 0.190. The zero-order chi connectivity index (χ0) is 21.3. The topological polar surface area (TPSA) is 106 Å². The van der Waals surface area contributed by atoms with Crippen LogP contribution >= 0.6 is 11.3 Å². The molecule has 0 atom stereocenters. The molecular formula is C21H19N5O3S. The van der Waals surface area contributed by atoms with Crippen LogP contribution in [0.5, 0.6) is 0 Å². The Labute approximate surface area is 175 Å². The Kier molecular flexibility index (Phi) is 5.28. The highest BCUT2D eigenvalue weighted by molar-refractivity contribution is 7.22. The number of benzene rings is 2. The van der Waals surface area contributed by atoms with Crippen molar-refractivity contribution in [2.45, 2.75) is 26.8 Å². The van der Waals surface area contributed by atoms with E-state index in [9.17, 15) is 14.4 Å². The van der Waals surface area contributed by atoms with Crippen LogP contribution in [0, 0.1) is 6.92 Å². The number of carbonyl (C=O) groups is 2. The van der Waals surface area contributed by atoms with Gasteiger partial charge < -0.3 is 10.6 Å². The number of nitrogens with zero attached hydrogens (tertiary/aromatic N) is 3. The quantitative estimate of drug-likeness (QED) is 0.514. The number of hydrogen-bond donors (Lipinski definition) is 2. The number of amides is 2. The molecular weight excluding hydrogens is 402 g/mol. The van der Waals surface area contributed by atoms with Crippen LogP contribution in [-0.2, 0) is 16.1 Å². The minimum atomic E-state index is -0.243. The van der Waals surface area contributed by atoms with Crippen LogP contribution < -0.4 is 16.2 Å². The lowest BCUT2D eigenvalue weighted by atomic mass is 10.1. The van der Waals surface area contributed by atoms with Crippen molar-refractivity contribution in [3.8, 4) is 0 Å². The van der Waals surface area contributed by atoms with E-state index in [4.69, 9.17) is 0 Å². The van der Waals surface area contributed by atoms with Crippen molar-refractivity contribution in [3.05, 3.63) is 58.6 Å². The number of fused-ring (bicyclic) bond motifs is 2. The first-order valence-electron chi connectivity index (χ1n) is 9.33. The molecule has 2 aromatic heterocycles. The molecule has 2 N–H and O–H groups in total. The van der Waals surface area contributed by atoms with E-state index in [1.165, 1.54) is 29.2 Å². The molecule has 0 radical (unpaired) electrons. The van der Waals surface area contributed by atoms with E-state index in [1.807, 2.05) is 25.1 Å². The van der Waals surface area contributed by atoms with E-state index in [1.54, 1.807) is 18.2 Å². The van der Waals surface area contributed by atoms with Crippen molar-refractivity contribution >= 4 is 55.1 Å². The van der Waals surface area contributed by atoms with Gasteiger partial charge in [-0.1, -0.05) is 23.5 Å². The van der Waals surface area contributed by atoms with E-state index >= 15 is 0 Å². The summed E-state index contributed by atoms with van der Waals surface area (Å²) in [5.41, 5.74) is 2.86. The Bertz CT molecular complexity index is 1340. The molecule has 0 saturated heterocycles. The summed E-state index contributed by atoms with van der Waals surface area (Å²) in [4.78, 5) is 44.9. The Morgan fingerprint density at radius 1 is 1.17 bits per heavy atom. The molecule has 0 unspecified atom stereocenters. The number of para-hydroxylation sites is 1. The van der Waals surface area contributed by atoms with E-state index in [2.05, 4.69) is 20.6 Å². The number of nitrogens with one attached hydrogen (secondary N) is 2. The molecule has 4 rings (SSSR count). The predicted molar refractivity (Wildman–Crippen MR) is 118 cm³/mol. The summed E-state index contributed by atoms with van der Waals surface area (Å²) >= 11 is 1.32. The normalized spacial score (nSPS) is 11.0. The average Bonchev–Trinajstić information content (AvgIpc) is 3.09. The number of thiazole rings is 1. The molecule has 152 valence electrons. The van der Waals surface area contributed by atoms with Crippen molar-refractivity contribution in [1.82, 2.24) is 14.5 Å². The van der Waals surface area contributed by atoms with Gasteiger partial charge >= 0.3 is 0 Å². The third kappa shape index (κ3) is 4.06. The van der Waals surface area contributed by atoms with Crippen LogP contribution in [0.1, 0.15) is 18.9 Å². The first-order valence-corrected chi connectivity index (χ1v) is 10.1. The van der Waals surface area contributed by atoms with Crippen LogP contribution in [-0.4, -0.2) is 26.3 Å². The lowest BCUT2D eigenvalue weighted by molar-refractivity contribution is -0.116. The molecule has 4 aromatic rings. The van der Waals surface area contributed by atoms with Crippen molar-refractivity contribution in [2.24, 2.45) is 0 Å². The highest BCUT2D eigenvalue weighted by Crippen LogP contribution is 2.28. The molecule has 9 heteroatoms. The summed E-state index contributed by atoms with van der Waals surface area (Å²) in [7, 11) is 0. The second-order valence-corrected chi connectivity index (χ2v) is 7.93. The summed E-state index contributed by atoms with van der Waals surface area (Å²) in [5, 5.41) is 6.50. The lowest BCUT2D eigenvalue weighted by Crippen LogP contribution is -2.23. The van der Waals surface area contributed by atoms with Crippen molar-refractivity contribution in [3.63, 3.8) is 0 Å². The number of carbonyl (C=O) groups excluding carboxylic acids is 2. The summed E-state index contributed by atoms with van der Waals surface area (Å²) in [5.74, 6) is -0.395. The molecule has 8 nitrogen and oxygen atoms in total. The maximum atomic E-state index is 12.6. The number of rotatable bonds is 5. The first kappa shape index (κ1) is 19.7. The lowest BCUT2D eigenvalue weighted by Gasteiger charge is -2.07. The Morgan fingerprint density at radius 3 is 2.80 bits per heavy atom. The Balaban J connectivity index is 1.45. The molecule has 2 aromatic carbocycles. The first-order chi connectivity index (χ1) is 14.4. The van der Waals surface area contributed by atoms with Gasteiger partial charge in [-0.15, -0.1) is 0 Å². The molecule has 2 heterocycles. The monoisotopic (exact) mass is 421 g/mol. The molecule has 0 aliphatic heterocycles. The van der Waals surface area contributed by atoms with Crippen LogP contribution in [0.3, 0.4) is 0 Å². The zero-order valence-corrected chi connectivity index (χ0v) is 17.2. The number of aromatic nitrogens is 3. The van der Waals surface area contributed by atoms with Crippen LogP contribution in [0.15, 0.2) is 47.5 Å². The molecule has 2 amide bonds. The highest BCUT2D eigenvalue weighted by atomic mass is 32.1. The smallest absolute Gasteiger partial charge is 0.261 e. The van der Waals surface area contributed by atoms with Gasteiger partial charge in [0.1, 0.15) is 0 Å². The number of hydrogen-bond acceptors (Lipinski definition) is 6. The largest absolute Gasteiger partial charge is 0.326 e. The summed E-state index contributed by atoms with van der Waals surface area (Å²) in [6.45, 7) is 3.57. The van der Waals surface area contributed by atoms with Gasteiger partial charge in [-0.25, -0.2) is 9.97 Å². The van der Waals surface area contributed by atoms with E-state index in [0.717, 1.165) is 15.8 Å². The maximum Gasteiger partial charge on any atom is 0.261 e. The number of anilines is 2. The minimum Gasteiger partial charge on any atom is -0.326 e. The third-order valence-electron chi connectivity index (χ3n) is 4.59. The molecule has 0 fully saturated rings. The van der Waals surface area contributed by atoms with Gasteiger partial charge in [-0.3, -0.25) is 19.0 Å². The van der Waals surface area contributed by atoms with E-state index in [0.29, 0.717) is 21.7 Å². The predicted octanol–water partition coefficient (Wildman–Crippen LogP) is 3.30. The van der Waals surface area contributed by atoms with E-state index in [-0.39, 0.29) is 30.3 Å². The number of aryl methyl sites for hydroxylation is 2. The molecule has 0 aliphatic rings. The maximum absolute atomic E-state index is 12.6. The van der Waals surface area contributed by atoms with Gasteiger partial charge in [0.25, 0.3) is 5.56 Å². The fourth-order valence-corrected chi connectivity index (χ4v) is 4.08. The minimum absolute atomic E-state index is 0.117. The molecule has 30 heavy (non-hydrogen) atoms. The van der Waals surface area contributed by atoms with E-state index < -0.39 is 0 Å². The zero-order valence-electron chi connectivity index (χ0n) is 16.4. The van der Waals surface area contributed by atoms with Crippen molar-refractivity contribution in [1.29, 1.82) is 0 Å². The van der Waals surface area contributed by atoms with Gasteiger partial charge in [-0.05, 0) is 36.8 Å². The van der Waals surface area contributed by atoms with Gasteiger partial charge in [-0.2, -0.15) is 0 Å². The van der Waals surface area contributed by atoms with Gasteiger partial charge in [0.05, 0.1) is 27.4 Å². The highest BCUT2D eigenvalue weighted by Gasteiger charge is 2.11. The van der Waals surface area contributed by atoms with Crippen LogP contribution in [0.2, 0.25) is 0 Å². The SMILES string of the molecule is CC(=O)Nc1ccc2nc(NC(=O)CCn3cnc4c(C)cccc4c3=O)sc2c1. The summed E-state index contributed by atoms with van der Waals surface area (Å²) in [6, 6.07) is 10.8. The van der Waals surface area contributed by atoms with Gasteiger partial charge in [0, 0.05) is 25.6 Å². The Hall–Kier alpha value is -3.59. The Morgan fingerprint density at radius 2 is 2.00 bits per heavy atom. The van der Waals surface area contributed by atoms with Gasteiger partial charge in [0.2, 0.25) is 11.8 Å². The summed E-state index contributed by atoms with van der Waals surface area (Å²) < 4.78 is 2.29. The van der Waals surface area contributed by atoms with Gasteiger partial charge in [0.15, 0.2) is 5.13 Å². The second kappa shape index (κ2) is 8.03. The van der Waals surface area contributed by atoms with Crippen LogP contribution in [0.25, 0.3) is 21.1 Å². The average molecular weight is 421 g/mol. The molecule has 0 aliphatic carbocycles. The third-order valence-corrected chi connectivity index (χ3v) is 5.52.